The molecule has 2 heterocycles. The summed E-state index contributed by atoms with van der Waals surface area (Å²) in [4.78, 5) is 27.2. The summed E-state index contributed by atoms with van der Waals surface area (Å²) in [5, 5.41) is 6.20. The molecule has 0 radical (unpaired) electrons. The summed E-state index contributed by atoms with van der Waals surface area (Å²) in [5.41, 5.74) is 3.95. The normalized spacial score (nSPS) is 18.4. The quantitative estimate of drug-likeness (QED) is 0.574. The number of piperidine rings is 1. The Kier molecular flexibility index (Phi) is 6.98. The second kappa shape index (κ2) is 9.75. The number of anilines is 1. The van der Waals surface area contributed by atoms with Crippen LogP contribution >= 0.6 is 15.9 Å². The molecule has 1 unspecified atom stereocenters. The lowest BCUT2D eigenvalue weighted by Crippen LogP contribution is -2.41. The van der Waals surface area contributed by atoms with Gasteiger partial charge in [-0.15, -0.1) is 0 Å². The smallest absolute Gasteiger partial charge is 0.407 e. The molecule has 33 heavy (non-hydrogen) atoms. The van der Waals surface area contributed by atoms with E-state index in [2.05, 4.69) is 38.7 Å². The van der Waals surface area contributed by atoms with Crippen LogP contribution in [0.5, 0.6) is 0 Å². The van der Waals surface area contributed by atoms with Crippen molar-refractivity contribution in [3.8, 4) is 0 Å². The third-order valence-corrected chi connectivity index (χ3v) is 6.74. The molecule has 1 saturated heterocycles. The van der Waals surface area contributed by atoms with E-state index < -0.39 is 11.7 Å². The van der Waals surface area contributed by atoms with E-state index in [4.69, 9.17) is 4.74 Å². The van der Waals surface area contributed by atoms with Crippen LogP contribution in [0, 0.1) is 0 Å². The Balaban J connectivity index is 1.32. The average Bonchev–Trinajstić information content (AvgIpc) is 3.19. The number of halogens is 1. The van der Waals surface area contributed by atoms with Crippen molar-refractivity contribution in [2.75, 3.05) is 25.0 Å². The van der Waals surface area contributed by atoms with Gasteiger partial charge in [0.2, 0.25) is 5.91 Å². The first-order chi connectivity index (χ1) is 15.7. The Hall–Kier alpha value is -2.54. The molecule has 2 amide bonds. The van der Waals surface area contributed by atoms with Crippen molar-refractivity contribution in [1.82, 2.24) is 10.2 Å². The summed E-state index contributed by atoms with van der Waals surface area (Å²) in [6.45, 7) is 8.20. The first-order valence-corrected chi connectivity index (χ1v) is 12.4. The monoisotopic (exact) mass is 513 g/mol. The number of nitrogens with zero attached hydrogens (tertiary/aromatic N) is 1. The number of benzene rings is 2. The van der Waals surface area contributed by atoms with Crippen molar-refractivity contribution in [1.29, 1.82) is 0 Å². The van der Waals surface area contributed by atoms with E-state index in [9.17, 15) is 9.59 Å². The van der Waals surface area contributed by atoms with Gasteiger partial charge >= 0.3 is 6.09 Å². The van der Waals surface area contributed by atoms with Crippen molar-refractivity contribution in [2.45, 2.75) is 57.6 Å². The molecule has 0 aromatic heterocycles. The summed E-state index contributed by atoms with van der Waals surface area (Å²) >= 11 is 3.50. The van der Waals surface area contributed by atoms with Crippen LogP contribution < -0.4 is 10.6 Å². The third-order valence-electron chi connectivity index (χ3n) is 6.25. The summed E-state index contributed by atoms with van der Waals surface area (Å²) in [5.74, 6) is 0.532. The van der Waals surface area contributed by atoms with Crippen LogP contribution in [-0.2, 0) is 16.1 Å². The van der Waals surface area contributed by atoms with Crippen LogP contribution in [0.2, 0.25) is 0 Å². The summed E-state index contributed by atoms with van der Waals surface area (Å²) in [7, 11) is 0. The minimum Gasteiger partial charge on any atom is -0.444 e. The molecule has 0 aliphatic carbocycles. The second-order valence-corrected chi connectivity index (χ2v) is 10.8. The lowest BCUT2D eigenvalue weighted by molar-refractivity contribution is -0.133. The van der Waals surface area contributed by atoms with Gasteiger partial charge in [0, 0.05) is 36.3 Å². The summed E-state index contributed by atoms with van der Waals surface area (Å²) in [6.07, 6.45) is 1.49. The minimum atomic E-state index is -0.509. The number of carbonyl (C=O) groups excluding carboxylic acids is 2. The molecule has 0 spiro atoms. The van der Waals surface area contributed by atoms with E-state index >= 15 is 0 Å². The van der Waals surface area contributed by atoms with Gasteiger partial charge in [0.1, 0.15) is 5.60 Å². The molecule has 0 saturated carbocycles. The number of hydrogen-bond acceptors (Lipinski definition) is 4. The Morgan fingerprint density at radius 1 is 1.15 bits per heavy atom. The van der Waals surface area contributed by atoms with Crippen molar-refractivity contribution in [2.24, 2.45) is 0 Å². The van der Waals surface area contributed by atoms with E-state index in [0.29, 0.717) is 19.0 Å². The van der Waals surface area contributed by atoms with Gasteiger partial charge in [0.15, 0.2) is 0 Å². The van der Waals surface area contributed by atoms with Crippen LogP contribution in [0.25, 0.3) is 0 Å². The number of amides is 2. The number of fused-ring (bicyclic) bond motifs is 1. The number of rotatable bonds is 4. The van der Waals surface area contributed by atoms with Gasteiger partial charge in [0.05, 0.1) is 5.92 Å². The van der Waals surface area contributed by atoms with E-state index in [-0.39, 0.29) is 11.8 Å². The van der Waals surface area contributed by atoms with Crippen LogP contribution in [0.15, 0.2) is 46.9 Å². The molecule has 7 heteroatoms. The predicted octanol–water partition coefficient (Wildman–Crippen LogP) is 5.39. The fourth-order valence-corrected chi connectivity index (χ4v) is 4.99. The van der Waals surface area contributed by atoms with Gasteiger partial charge in [-0.3, -0.25) is 4.79 Å². The van der Waals surface area contributed by atoms with Gasteiger partial charge in [-0.2, -0.15) is 0 Å². The first kappa shape index (κ1) is 23.6. The lowest BCUT2D eigenvalue weighted by Gasteiger charge is -2.34. The van der Waals surface area contributed by atoms with Crippen molar-refractivity contribution in [3.05, 3.63) is 63.6 Å². The largest absolute Gasteiger partial charge is 0.444 e. The fraction of sp³-hybridized carbons (Fsp3) is 0.462. The average molecular weight is 514 g/mol. The number of alkyl carbamates (subject to hydrolysis) is 1. The molecule has 2 aromatic rings. The maximum atomic E-state index is 13.2. The standard InChI is InChI=1S/C26H32BrN3O3/c1-26(2,3)33-25(32)29-15-17-5-4-6-19(13-17)18-9-11-30(12-10-18)24(31)22-16-28-23-14-20(27)7-8-21(22)23/h4-8,13-14,18,22,28H,9-12,15-16H2,1-3H3,(H,29,32). The maximum absolute atomic E-state index is 13.2. The van der Waals surface area contributed by atoms with E-state index in [0.717, 1.165) is 47.2 Å². The van der Waals surface area contributed by atoms with Crippen LogP contribution in [-0.4, -0.2) is 42.1 Å². The van der Waals surface area contributed by atoms with Crippen molar-refractivity contribution < 1.29 is 14.3 Å². The molecule has 2 aromatic carbocycles. The van der Waals surface area contributed by atoms with Gasteiger partial charge in [0.25, 0.3) is 0 Å². The molecule has 176 valence electrons. The van der Waals surface area contributed by atoms with Crippen molar-refractivity contribution in [3.63, 3.8) is 0 Å². The van der Waals surface area contributed by atoms with Crippen LogP contribution in [0.3, 0.4) is 0 Å². The molecule has 2 N–H and O–H groups in total. The van der Waals surface area contributed by atoms with E-state index in [1.54, 1.807) is 0 Å². The maximum Gasteiger partial charge on any atom is 0.407 e. The molecular weight excluding hydrogens is 482 g/mol. The molecule has 2 aliphatic heterocycles. The van der Waals surface area contributed by atoms with Gasteiger partial charge in [-0.25, -0.2) is 4.79 Å². The lowest BCUT2D eigenvalue weighted by atomic mass is 9.88. The zero-order valence-corrected chi connectivity index (χ0v) is 21.1. The summed E-state index contributed by atoms with van der Waals surface area (Å²) in [6, 6.07) is 14.5. The highest BCUT2D eigenvalue weighted by molar-refractivity contribution is 9.10. The Morgan fingerprint density at radius 3 is 2.64 bits per heavy atom. The molecular formula is C26H32BrN3O3. The SMILES string of the molecule is CC(C)(C)OC(=O)NCc1cccc(C2CCN(C(=O)C3CNc4cc(Br)ccc43)CC2)c1. The summed E-state index contributed by atoms with van der Waals surface area (Å²) < 4.78 is 6.34. The first-order valence-electron chi connectivity index (χ1n) is 11.6. The van der Waals surface area contributed by atoms with Gasteiger partial charge in [-0.05, 0) is 68.4 Å². The molecule has 2 aliphatic rings. The molecule has 1 fully saturated rings. The fourth-order valence-electron chi connectivity index (χ4n) is 4.63. The zero-order valence-electron chi connectivity index (χ0n) is 19.5. The van der Waals surface area contributed by atoms with Gasteiger partial charge in [-0.1, -0.05) is 46.3 Å². The Labute approximate surface area is 204 Å². The Morgan fingerprint density at radius 2 is 1.91 bits per heavy atom. The number of hydrogen-bond donors (Lipinski definition) is 2. The second-order valence-electron chi connectivity index (χ2n) is 9.87. The van der Waals surface area contributed by atoms with E-state index in [1.165, 1.54) is 5.56 Å². The molecule has 0 bridgehead atoms. The topological polar surface area (TPSA) is 70.7 Å². The highest BCUT2D eigenvalue weighted by atomic mass is 79.9. The predicted molar refractivity (Wildman–Crippen MR) is 133 cm³/mol. The number of carbonyl (C=O) groups is 2. The van der Waals surface area contributed by atoms with Crippen LogP contribution in [0.1, 0.15) is 62.1 Å². The molecule has 1 atom stereocenters. The van der Waals surface area contributed by atoms with Crippen molar-refractivity contribution >= 4 is 33.6 Å². The third kappa shape index (κ3) is 5.88. The van der Waals surface area contributed by atoms with Crippen LogP contribution in [0.4, 0.5) is 10.5 Å². The van der Waals surface area contributed by atoms with E-state index in [1.807, 2.05) is 56.0 Å². The van der Waals surface area contributed by atoms with Gasteiger partial charge < -0.3 is 20.3 Å². The number of ether oxygens (including phenoxy) is 1. The molecule has 6 nitrogen and oxygen atoms in total. The molecule has 4 rings (SSSR count). The highest BCUT2D eigenvalue weighted by Gasteiger charge is 2.33. The Bertz CT molecular complexity index is 1030. The number of likely N-dealkylation sites (tertiary alicyclic amines) is 1. The number of nitrogens with one attached hydrogen (secondary N) is 2. The zero-order chi connectivity index (χ0) is 23.6. The highest BCUT2D eigenvalue weighted by Crippen LogP contribution is 2.36. The minimum absolute atomic E-state index is 0.105.